The molecule has 126 valence electrons. The molecule has 0 aliphatic heterocycles. The second kappa shape index (κ2) is 9.09. The molecule has 0 spiro atoms. The first-order valence-electron chi connectivity index (χ1n) is 8.19. The van der Waals surface area contributed by atoms with Gasteiger partial charge in [0.2, 0.25) is 5.91 Å². The van der Waals surface area contributed by atoms with E-state index in [0.29, 0.717) is 23.7 Å². The molecule has 1 aromatic rings. The number of hydrogen-bond donors (Lipinski definition) is 1. The summed E-state index contributed by atoms with van der Waals surface area (Å²) < 4.78 is 1.07. The molecule has 1 aromatic heterocycles. The van der Waals surface area contributed by atoms with E-state index in [1.54, 1.807) is 13.8 Å². The molecular formula is C17H26N4O2. The summed E-state index contributed by atoms with van der Waals surface area (Å²) in [5, 5.41) is 16.1. The van der Waals surface area contributed by atoms with Gasteiger partial charge in [-0.25, -0.2) is 4.68 Å². The lowest BCUT2D eigenvalue weighted by molar-refractivity contribution is -0.122. The Morgan fingerprint density at radius 2 is 2.09 bits per heavy atom. The van der Waals surface area contributed by atoms with E-state index in [1.807, 2.05) is 6.07 Å². The van der Waals surface area contributed by atoms with Gasteiger partial charge in [-0.1, -0.05) is 33.1 Å². The summed E-state index contributed by atoms with van der Waals surface area (Å²) in [5.74, 6) is 0.208. The van der Waals surface area contributed by atoms with Crippen LogP contribution in [0, 0.1) is 31.1 Å². The number of nitrogens with one attached hydrogen (secondary N) is 1. The first kappa shape index (κ1) is 18.9. The predicted molar refractivity (Wildman–Crippen MR) is 89.0 cm³/mol. The highest BCUT2D eigenvalue weighted by atomic mass is 16.2. The van der Waals surface area contributed by atoms with E-state index in [9.17, 15) is 9.59 Å². The lowest BCUT2D eigenvalue weighted by Gasteiger charge is -2.15. The van der Waals surface area contributed by atoms with E-state index < -0.39 is 5.56 Å². The quantitative estimate of drug-likeness (QED) is 0.794. The molecule has 1 N–H and O–H groups in total. The number of rotatable bonds is 8. The maximum Gasteiger partial charge on any atom is 0.285 e. The van der Waals surface area contributed by atoms with Crippen molar-refractivity contribution in [3.63, 3.8) is 0 Å². The van der Waals surface area contributed by atoms with Gasteiger partial charge in [0, 0.05) is 6.54 Å². The highest BCUT2D eigenvalue weighted by molar-refractivity contribution is 5.75. The van der Waals surface area contributed by atoms with E-state index >= 15 is 0 Å². The monoisotopic (exact) mass is 318 g/mol. The molecule has 0 fully saturated rings. The number of amides is 1. The third-order valence-corrected chi connectivity index (χ3v) is 4.17. The van der Waals surface area contributed by atoms with Gasteiger partial charge >= 0.3 is 0 Å². The summed E-state index contributed by atoms with van der Waals surface area (Å²) >= 11 is 0. The van der Waals surface area contributed by atoms with Crippen LogP contribution < -0.4 is 10.9 Å². The van der Waals surface area contributed by atoms with Crippen LogP contribution in [0.25, 0.3) is 0 Å². The van der Waals surface area contributed by atoms with Crippen molar-refractivity contribution in [2.45, 2.75) is 59.9 Å². The predicted octanol–water partition coefficient (Wildman–Crippen LogP) is 2.06. The van der Waals surface area contributed by atoms with Gasteiger partial charge in [0.25, 0.3) is 5.56 Å². The molecule has 0 unspecified atom stereocenters. The number of aryl methyl sites for hydroxylation is 1. The van der Waals surface area contributed by atoms with Gasteiger partial charge in [0.05, 0.1) is 5.69 Å². The average Bonchev–Trinajstić information content (AvgIpc) is 2.53. The summed E-state index contributed by atoms with van der Waals surface area (Å²) in [7, 11) is 0. The van der Waals surface area contributed by atoms with Crippen molar-refractivity contribution in [1.82, 2.24) is 15.1 Å². The van der Waals surface area contributed by atoms with Crippen LogP contribution in [-0.4, -0.2) is 22.2 Å². The van der Waals surface area contributed by atoms with Crippen molar-refractivity contribution in [2.75, 3.05) is 6.54 Å². The van der Waals surface area contributed by atoms with Gasteiger partial charge in [-0.3, -0.25) is 9.59 Å². The minimum absolute atomic E-state index is 0.0553. The van der Waals surface area contributed by atoms with Gasteiger partial charge in [0.1, 0.15) is 18.2 Å². The summed E-state index contributed by atoms with van der Waals surface area (Å²) in [6.07, 6.45) is 4.40. The first-order valence-corrected chi connectivity index (χ1v) is 8.19. The zero-order valence-electron chi connectivity index (χ0n) is 14.5. The Balaban J connectivity index is 2.74. The molecule has 1 amide bonds. The number of nitriles is 1. The van der Waals surface area contributed by atoms with E-state index in [-0.39, 0.29) is 18.0 Å². The van der Waals surface area contributed by atoms with Crippen LogP contribution in [0.4, 0.5) is 0 Å². The van der Waals surface area contributed by atoms with Crippen LogP contribution in [0.3, 0.4) is 0 Å². The van der Waals surface area contributed by atoms with Crippen molar-refractivity contribution < 1.29 is 4.79 Å². The lowest BCUT2D eigenvalue weighted by Crippen LogP contribution is -2.37. The Labute approximate surface area is 137 Å². The maximum atomic E-state index is 12.1. The van der Waals surface area contributed by atoms with Gasteiger partial charge in [0.15, 0.2) is 0 Å². The third-order valence-electron chi connectivity index (χ3n) is 4.17. The van der Waals surface area contributed by atoms with Crippen LogP contribution in [0.1, 0.15) is 56.4 Å². The molecule has 1 heterocycles. The van der Waals surface area contributed by atoms with Crippen LogP contribution in [0.15, 0.2) is 4.79 Å². The molecule has 0 bridgehead atoms. The smallest absolute Gasteiger partial charge is 0.285 e. The van der Waals surface area contributed by atoms with Crippen molar-refractivity contribution in [1.29, 1.82) is 5.26 Å². The molecule has 1 atom stereocenters. The topological polar surface area (TPSA) is 87.8 Å². The number of carbonyl (C=O) groups is 1. The highest BCUT2D eigenvalue weighted by Gasteiger charge is 2.14. The van der Waals surface area contributed by atoms with Crippen molar-refractivity contribution in [3.8, 4) is 6.07 Å². The second-order valence-corrected chi connectivity index (χ2v) is 5.88. The Bertz CT molecular complexity index is 643. The summed E-state index contributed by atoms with van der Waals surface area (Å²) in [6, 6.07) is 1.90. The fourth-order valence-electron chi connectivity index (χ4n) is 2.40. The van der Waals surface area contributed by atoms with Gasteiger partial charge in [-0.15, -0.1) is 0 Å². The minimum atomic E-state index is -0.510. The second-order valence-electron chi connectivity index (χ2n) is 5.88. The molecule has 6 heteroatoms. The summed E-state index contributed by atoms with van der Waals surface area (Å²) in [4.78, 5) is 24.2. The van der Waals surface area contributed by atoms with Crippen LogP contribution in [0.2, 0.25) is 0 Å². The van der Waals surface area contributed by atoms with Gasteiger partial charge in [-0.2, -0.15) is 10.4 Å². The number of carbonyl (C=O) groups excluding carboxylic acids is 1. The van der Waals surface area contributed by atoms with Gasteiger partial charge < -0.3 is 5.32 Å². The SMILES string of the molecule is CCCC[C@H](CC)CNC(=O)Cn1nc(C)c(C)c(C#N)c1=O. The molecule has 6 nitrogen and oxygen atoms in total. The number of unbranched alkanes of at least 4 members (excludes halogenated alkanes) is 1. The fraction of sp³-hybridized carbons (Fsp3) is 0.647. The van der Waals surface area contributed by atoms with E-state index in [1.165, 1.54) is 0 Å². The molecule has 1 rings (SSSR count). The van der Waals surface area contributed by atoms with Crippen LogP contribution in [-0.2, 0) is 11.3 Å². The normalized spacial score (nSPS) is 11.8. The summed E-state index contributed by atoms with van der Waals surface area (Å²) in [5.41, 5.74) is 0.701. The van der Waals surface area contributed by atoms with Crippen LogP contribution >= 0.6 is 0 Å². The molecule has 0 radical (unpaired) electrons. The molecule has 0 aliphatic carbocycles. The molecule has 0 aromatic carbocycles. The first-order chi connectivity index (χ1) is 10.9. The molecule has 0 saturated heterocycles. The average molecular weight is 318 g/mol. The van der Waals surface area contributed by atoms with E-state index in [4.69, 9.17) is 5.26 Å². The molecule has 0 saturated carbocycles. The highest BCUT2D eigenvalue weighted by Crippen LogP contribution is 2.11. The van der Waals surface area contributed by atoms with Crippen molar-refractivity contribution >= 4 is 5.91 Å². The minimum Gasteiger partial charge on any atom is -0.354 e. The van der Waals surface area contributed by atoms with E-state index in [2.05, 4.69) is 24.3 Å². The zero-order chi connectivity index (χ0) is 17.4. The lowest BCUT2D eigenvalue weighted by atomic mass is 9.99. The fourth-order valence-corrected chi connectivity index (χ4v) is 2.40. The Morgan fingerprint density at radius 3 is 2.65 bits per heavy atom. The Hall–Kier alpha value is -2.16. The largest absolute Gasteiger partial charge is 0.354 e. The van der Waals surface area contributed by atoms with Crippen molar-refractivity contribution in [3.05, 3.63) is 27.2 Å². The number of aromatic nitrogens is 2. The maximum absolute atomic E-state index is 12.1. The molecule has 0 aliphatic rings. The Kier molecular flexibility index (Phi) is 7.46. The number of hydrogen-bond acceptors (Lipinski definition) is 4. The van der Waals surface area contributed by atoms with Crippen LogP contribution in [0.5, 0.6) is 0 Å². The standard InChI is InChI=1S/C17H26N4O2/c1-5-7-8-14(6-2)10-19-16(22)11-21-17(23)15(9-18)12(3)13(4)20-21/h14H,5-8,10-11H2,1-4H3,(H,19,22)/t14-/m0/s1. The third kappa shape index (κ3) is 5.20. The number of nitrogens with zero attached hydrogens (tertiary/aromatic N) is 3. The summed E-state index contributed by atoms with van der Waals surface area (Å²) in [6.45, 7) is 8.13. The van der Waals surface area contributed by atoms with Crippen molar-refractivity contribution in [2.24, 2.45) is 5.92 Å². The Morgan fingerprint density at radius 1 is 1.39 bits per heavy atom. The van der Waals surface area contributed by atoms with Gasteiger partial charge in [-0.05, 0) is 31.7 Å². The zero-order valence-corrected chi connectivity index (χ0v) is 14.5. The van der Waals surface area contributed by atoms with E-state index in [0.717, 1.165) is 30.4 Å². The molecular weight excluding hydrogens is 292 g/mol. The molecule has 23 heavy (non-hydrogen) atoms.